The SMILES string of the molecule is CCCCCCC/C=C\C/C=C\C/C=C\CCCCCCCCCCCCCCCCCCCCCCCCCCCCC(=O)NC(CO)C(O)CCCCCCCCC. The van der Waals surface area contributed by atoms with E-state index in [1.165, 1.54) is 231 Å². The first-order chi connectivity index (χ1) is 29.7. The number of hydrogen-bond donors (Lipinski definition) is 3. The smallest absolute Gasteiger partial charge is 0.220 e. The number of unbranched alkanes of at least 4 members (excludes halogenated alkanes) is 37. The summed E-state index contributed by atoms with van der Waals surface area (Å²) in [6, 6.07) is -0.530. The molecule has 0 aliphatic rings. The van der Waals surface area contributed by atoms with E-state index in [-0.39, 0.29) is 12.5 Å². The van der Waals surface area contributed by atoms with Crippen LogP contribution in [0, 0.1) is 0 Å². The van der Waals surface area contributed by atoms with Crippen molar-refractivity contribution < 1.29 is 15.0 Å². The van der Waals surface area contributed by atoms with Crippen molar-refractivity contribution in [1.29, 1.82) is 0 Å². The van der Waals surface area contributed by atoms with Gasteiger partial charge in [-0.3, -0.25) is 4.79 Å². The van der Waals surface area contributed by atoms with E-state index in [0.717, 1.165) is 38.5 Å². The quantitative estimate of drug-likeness (QED) is 0.0422. The molecular weight excluding hydrogens is 735 g/mol. The molecule has 3 N–H and O–H groups in total. The maximum absolute atomic E-state index is 12.4. The van der Waals surface area contributed by atoms with Gasteiger partial charge in [0.05, 0.1) is 18.8 Å². The Morgan fingerprint density at radius 2 is 0.683 bits per heavy atom. The van der Waals surface area contributed by atoms with Crippen LogP contribution in [0.5, 0.6) is 0 Å². The Bertz CT molecular complexity index is 912. The van der Waals surface area contributed by atoms with Gasteiger partial charge in [-0.25, -0.2) is 0 Å². The van der Waals surface area contributed by atoms with Crippen molar-refractivity contribution in [3.8, 4) is 0 Å². The zero-order chi connectivity index (χ0) is 43.5. The van der Waals surface area contributed by atoms with Crippen LogP contribution in [0.15, 0.2) is 36.5 Å². The minimum Gasteiger partial charge on any atom is -0.394 e. The lowest BCUT2D eigenvalue weighted by Gasteiger charge is -2.22. The standard InChI is InChI=1S/C56H107NO3/c1-3-5-7-9-11-12-13-14-15-16-17-18-19-20-21-22-23-24-25-26-27-28-29-30-31-32-33-34-35-36-37-38-39-40-41-42-43-44-46-48-50-52-56(60)57-54(53-58)55(59)51-49-47-45-10-8-6-4-2/h13-14,16-17,19-20,54-55,58-59H,3-12,15,18,21-53H2,1-2H3,(H,57,60)/b14-13-,17-16-,20-19-. The summed E-state index contributed by atoms with van der Waals surface area (Å²) in [5.74, 6) is -0.0310. The molecule has 60 heavy (non-hydrogen) atoms. The van der Waals surface area contributed by atoms with Crippen LogP contribution in [0.25, 0.3) is 0 Å². The third kappa shape index (κ3) is 47.7. The van der Waals surface area contributed by atoms with E-state index in [9.17, 15) is 15.0 Å². The second-order valence-corrected chi connectivity index (χ2v) is 18.7. The van der Waals surface area contributed by atoms with Crippen LogP contribution in [0.4, 0.5) is 0 Å². The number of carbonyl (C=O) groups is 1. The molecule has 0 spiro atoms. The van der Waals surface area contributed by atoms with Gasteiger partial charge in [-0.1, -0.05) is 275 Å². The number of aliphatic hydroxyl groups is 2. The average Bonchev–Trinajstić information content (AvgIpc) is 3.25. The van der Waals surface area contributed by atoms with Crippen LogP contribution in [0.1, 0.15) is 296 Å². The Balaban J connectivity index is 3.31. The van der Waals surface area contributed by atoms with Crippen LogP contribution in [0.3, 0.4) is 0 Å². The third-order valence-electron chi connectivity index (χ3n) is 12.7. The molecule has 4 nitrogen and oxygen atoms in total. The first-order valence-corrected chi connectivity index (χ1v) is 27.2. The lowest BCUT2D eigenvalue weighted by molar-refractivity contribution is -0.123. The number of amides is 1. The highest BCUT2D eigenvalue weighted by molar-refractivity contribution is 5.76. The number of carbonyl (C=O) groups excluding carboxylic acids is 1. The molecule has 2 unspecified atom stereocenters. The van der Waals surface area contributed by atoms with Crippen molar-refractivity contribution in [3.63, 3.8) is 0 Å². The van der Waals surface area contributed by atoms with E-state index in [2.05, 4.69) is 55.6 Å². The lowest BCUT2D eigenvalue weighted by Crippen LogP contribution is -2.45. The van der Waals surface area contributed by atoms with Gasteiger partial charge < -0.3 is 15.5 Å². The van der Waals surface area contributed by atoms with Gasteiger partial charge in [-0.05, 0) is 51.4 Å². The summed E-state index contributed by atoms with van der Waals surface area (Å²) in [4.78, 5) is 12.4. The van der Waals surface area contributed by atoms with Crippen molar-refractivity contribution in [2.75, 3.05) is 6.61 Å². The molecule has 4 heteroatoms. The van der Waals surface area contributed by atoms with Gasteiger partial charge in [-0.2, -0.15) is 0 Å². The van der Waals surface area contributed by atoms with E-state index in [1.807, 2.05) is 0 Å². The minimum atomic E-state index is -0.653. The summed E-state index contributed by atoms with van der Waals surface area (Å²) in [5, 5.41) is 23.0. The van der Waals surface area contributed by atoms with Crippen LogP contribution in [-0.2, 0) is 4.79 Å². The highest BCUT2D eigenvalue weighted by atomic mass is 16.3. The molecule has 0 heterocycles. The summed E-state index contributed by atoms with van der Waals surface area (Å²) in [6.45, 7) is 4.32. The first-order valence-electron chi connectivity index (χ1n) is 27.2. The Kier molecular flexibility index (Phi) is 50.8. The third-order valence-corrected chi connectivity index (χ3v) is 12.7. The molecule has 2 atom stereocenters. The molecule has 0 saturated carbocycles. The first kappa shape index (κ1) is 58.6. The van der Waals surface area contributed by atoms with Gasteiger partial charge in [0.2, 0.25) is 5.91 Å². The molecule has 0 aliphatic heterocycles. The molecule has 1 amide bonds. The summed E-state index contributed by atoms with van der Waals surface area (Å²) in [7, 11) is 0. The monoisotopic (exact) mass is 842 g/mol. The van der Waals surface area contributed by atoms with E-state index in [0.29, 0.717) is 12.8 Å². The highest BCUT2D eigenvalue weighted by Gasteiger charge is 2.20. The average molecular weight is 842 g/mol. The molecule has 0 aromatic carbocycles. The molecule has 0 rings (SSSR count). The Morgan fingerprint density at radius 3 is 1.02 bits per heavy atom. The largest absolute Gasteiger partial charge is 0.394 e. The Labute approximate surface area is 376 Å². The van der Waals surface area contributed by atoms with Crippen LogP contribution in [0.2, 0.25) is 0 Å². The van der Waals surface area contributed by atoms with Crippen molar-refractivity contribution in [1.82, 2.24) is 5.32 Å². The summed E-state index contributed by atoms with van der Waals surface area (Å²) >= 11 is 0. The van der Waals surface area contributed by atoms with E-state index < -0.39 is 12.1 Å². The summed E-state index contributed by atoms with van der Waals surface area (Å²) < 4.78 is 0. The van der Waals surface area contributed by atoms with E-state index in [1.54, 1.807) is 0 Å². The fourth-order valence-corrected chi connectivity index (χ4v) is 8.49. The fourth-order valence-electron chi connectivity index (χ4n) is 8.49. The number of nitrogens with one attached hydrogen (secondary N) is 1. The van der Waals surface area contributed by atoms with Gasteiger partial charge in [0.1, 0.15) is 0 Å². The van der Waals surface area contributed by atoms with Crippen LogP contribution < -0.4 is 5.32 Å². The fraction of sp³-hybridized carbons (Fsp3) is 0.875. The van der Waals surface area contributed by atoms with Gasteiger partial charge in [-0.15, -0.1) is 0 Å². The van der Waals surface area contributed by atoms with Crippen molar-refractivity contribution >= 4 is 5.91 Å². The number of hydrogen-bond acceptors (Lipinski definition) is 3. The highest BCUT2D eigenvalue weighted by Crippen LogP contribution is 2.17. The van der Waals surface area contributed by atoms with E-state index in [4.69, 9.17) is 0 Å². The summed E-state index contributed by atoms with van der Waals surface area (Å²) in [5.41, 5.74) is 0. The van der Waals surface area contributed by atoms with Crippen molar-refractivity contribution in [2.45, 2.75) is 309 Å². The molecule has 0 bridgehead atoms. The second-order valence-electron chi connectivity index (χ2n) is 18.7. The zero-order valence-electron chi connectivity index (χ0n) is 40.7. The number of rotatable bonds is 50. The second kappa shape index (κ2) is 52.0. The predicted octanol–water partition coefficient (Wildman–Crippen LogP) is 17.7. The molecule has 0 aromatic rings. The molecule has 0 fully saturated rings. The van der Waals surface area contributed by atoms with Gasteiger partial charge >= 0.3 is 0 Å². The number of aliphatic hydroxyl groups excluding tert-OH is 2. The molecule has 0 saturated heterocycles. The van der Waals surface area contributed by atoms with Gasteiger partial charge in [0, 0.05) is 6.42 Å². The minimum absolute atomic E-state index is 0.0310. The maximum Gasteiger partial charge on any atom is 0.220 e. The van der Waals surface area contributed by atoms with Crippen LogP contribution >= 0.6 is 0 Å². The topological polar surface area (TPSA) is 69.6 Å². The lowest BCUT2D eigenvalue weighted by atomic mass is 10.0. The molecule has 0 aliphatic carbocycles. The van der Waals surface area contributed by atoms with Gasteiger partial charge in [0.25, 0.3) is 0 Å². The van der Waals surface area contributed by atoms with Crippen LogP contribution in [-0.4, -0.2) is 34.9 Å². The van der Waals surface area contributed by atoms with E-state index >= 15 is 0 Å². The molecular formula is C56H107NO3. The maximum atomic E-state index is 12.4. The number of allylic oxidation sites excluding steroid dienone is 6. The Morgan fingerprint density at radius 1 is 0.400 bits per heavy atom. The Hall–Kier alpha value is -1.39. The van der Waals surface area contributed by atoms with Crippen molar-refractivity contribution in [3.05, 3.63) is 36.5 Å². The summed E-state index contributed by atoms with van der Waals surface area (Å²) in [6.07, 6.45) is 70.2. The predicted molar refractivity (Wildman–Crippen MR) is 267 cm³/mol. The van der Waals surface area contributed by atoms with Crippen molar-refractivity contribution in [2.24, 2.45) is 0 Å². The zero-order valence-corrected chi connectivity index (χ0v) is 40.7. The normalized spacial score (nSPS) is 13.1. The molecule has 354 valence electrons. The van der Waals surface area contributed by atoms with Gasteiger partial charge in [0.15, 0.2) is 0 Å². The molecule has 0 aromatic heterocycles. The molecule has 0 radical (unpaired) electrons.